The molecule has 0 saturated heterocycles. The van der Waals surface area contributed by atoms with E-state index in [0.29, 0.717) is 12.4 Å². The van der Waals surface area contributed by atoms with Crippen molar-refractivity contribution < 1.29 is 23.3 Å². The van der Waals surface area contributed by atoms with Crippen molar-refractivity contribution in [3.05, 3.63) is 24.3 Å². The number of rotatable bonds is 8. The number of imide groups is 1. The fourth-order valence-electron chi connectivity index (χ4n) is 2.36. The summed E-state index contributed by atoms with van der Waals surface area (Å²) in [6.07, 6.45) is 0.859. The zero-order valence-electron chi connectivity index (χ0n) is 17.7. The van der Waals surface area contributed by atoms with Gasteiger partial charge in [-0.05, 0) is 57.9 Å². The molecule has 0 aliphatic rings. The van der Waals surface area contributed by atoms with E-state index >= 15 is 0 Å². The third kappa shape index (κ3) is 8.84. The van der Waals surface area contributed by atoms with Gasteiger partial charge in [0.2, 0.25) is 5.91 Å². The van der Waals surface area contributed by atoms with Crippen LogP contribution >= 0.6 is 0 Å². The lowest BCUT2D eigenvalue weighted by Crippen LogP contribution is -2.53. The zero-order valence-corrected chi connectivity index (χ0v) is 18.5. The molecule has 0 saturated carbocycles. The number of hydrogen-bond acceptors (Lipinski definition) is 6. The Hall–Kier alpha value is -1.93. The quantitative estimate of drug-likeness (QED) is 0.682. The number of amides is 2. The first-order chi connectivity index (χ1) is 12.9. The number of nitrogens with one attached hydrogen (secondary N) is 2. The van der Waals surface area contributed by atoms with E-state index < -0.39 is 34.4 Å². The van der Waals surface area contributed by atoms with Crippen molar-refractivity contribution in [3.8, 4) is 5.75 Å². The molecular weight excluding hydrogens is 380 g/mol. The molecule has 0 radical (unpaired) electrons. The maximum Gasteiger partial charge on any atom is 0.414 e. The summed E-state index contributed by atoms with van der Waals surface area (Å²) in [7, 11) is -1.03. The van der Waals surface area contributed by atoms with Crippen LogP contribution < -0.4 is 15.4 Å². The second kappa shape index (κ2) is 10.6. The predicted octanol–water partition coefficient (Wildman–Crippen LogP) is 2.86. The van der Waals surface area contributed by atoms with E-state index in [-0.39, 0.29) is 12.0 Å². The van der Waals surface area contributed by atoms with Gasteiger partial charge in [-0.25, -0.2) is 4.79 Å². The van der Waals surface area contributed by atoms with E-state index in [4.69, 9.17) is 9.47 Å². The van der Waals surface area contributed by atoms with E-state index in [1.807, 2.05) is 20.8 Å². The first-order valence-corrected chi connectivity index (χ1v) is 10.8. The van der Waals surface area contributed by atoms with E-state index in [0.717, 1.165) is 4.90 Å². The maximum atomic E-state index is 12.4. The van der Waals surface area contributed by atoms with Crippen LogP contribution in [-0.2, 0) is 20.3 Å². The fourth-order valence-corrected chi connectivity index (χ4v) is 2.88. The Kier molecular flexibility index (Phi) is 9.10. The minimum Gasteiger partial charge on any atom is -0.492 e. The van der Waals surface area contributed by atoms with Gasteiger partial charge in [0, 0.05) is 28.0 Å². The second-order valence-electron chi connectivity index (χ2n) is 8.02. The molecule has 0 heterocycles. The van der Waals surface area contributed by atoms with E-state index in [2.05, 4.69) is 10.6 Å². The van der Waals surface area contributed by atoms with Crippen LogP contribution in [0.4, 0.5) is 4.79 Å². The largest absolute Gasteiger partial charge is 0.492 e. The van der Waals surface area contributed by atoms with Gasteiger partial charge in [-0.3, -0.25) is 19.6 Å². The summed E-state index contributed by atoms with van der Waals surface area (Å²) in [6, 6.07) is 6.33. The molecule has 1 aromatic rings. The third-order valence-corrected chi connectivity index (χ3v) is 4.63. The van der Waals surface area contributed by atoms with Gasteiger partial charge in [0.05, 0.1) is 6.04 Å². The van der Waals surface area contributed by atoms with Crippen molar-refractivity contribution in [2.75, 3.05) is 12.9 Å². The number of benzene rings is 1. The van der Waals surface area contributed by atoms with Crippen LogP contribution in [-0.4, -0.2) is 46.8 Å². The van der Waals surface area contributed by atoms with Crippen LogP contribution in [0.25, 0.3) is 0 Å². The molecule has 1 aromatic carbocycles. The summed E-state index contributed by atoms with van der Waals surface area (Å²) in [4.78, 5) is 25.0. The lowest BCUT2D eigenvalue weighted by Gasteiger charge is -2.26. The Labute approximate surface area is 170 Å². The summed E-state index contributed by atoms with van der Waals surface area (Å²) in [6.45, 7) is 11.2. The van der Waals surface area contributed by atoms with Crippen molar-refractivity contribution in [2.24, 2.45) is 5.92 Å². The Bertz CT molecular complexity index is 683. The van der Waals surface area contributed by atoms with Crippen LogP contribution in [0.3, 0.4) is 0 Å². The molecule has 0 bridgehead atoms. The van der Waals surface area contributed by atoms with Crippen LogP contribution in [0, 0.1) is 5.92 Å². The summed E-state index contributed by atoms with van der Waals surface area (Å²) in [5.41, 5.74) is -0.674. The number of carbonyl (C=O) groups excluding carboxylic acids is 2. The monoisotopic (exact) mass is 412 g/mol. The average molecular weight is 413 g/mol. The minimum atomic E-state index is -1.03. The summed E-state index contributed by atoms with van der Waals surface area (Å²) in [5.74, 6) is 0.178. The molecule has 2 amide bonds. The topological polar surface area (TPSA) is 93.7 Å². The van der Waals surface area contributed by atoms with Crippen LogP contribution in [0.15, 0.2) is 29.2 Å². The maximum absolute atomic E-state index is 12.4. The molecular formula is C20H32N2O5S. The standard InChI is InChI=1S/C20H32N2O5S/c1-13(2)17(18(23)22-19(24)27-20(4,5)6)21-14(3)12-26-15-8-10-16(11-9-15)28(7)25/h8-11,13-14,17,21H,12H2,1-7H3,(H,22,23,24)/t14?,17-,28?/m0/s1. The average Bonchev–Trinajstić information content (AvgIpc) is 2.55. The van der Waals surface area contributed by atoms with E-state index in [9.17, 15) is 13.8 Å². The molecule has 0 aliphatic carbocycles. The molecule has 0 spiro atoms. The van der Waals surface area contributed by atoms with Gasteiger partial charge in [-0.1, -0.05) is 13.8 Å². The van der Waals surface area contributed by atoms with Crippen molar-refractivity contribution in [1.82, 2.24) is 10.6 Å². The first kappa shape index (κ1) is 24.1. The Morgan fingerprint density at radius 3 is 2.14 bits per heavy atom. The molecule has 8 heteroatoms. The highest BCUT2D eigenvalue weighted by atomic mass is 32.2. The zero-order chi connectivity index (χ0) is 21.5. The van der Waals surface area contributed by atoms with E-state index in [1.54, 1.807) is 51.3 Å². The summed E-state index contributed by atoms with van der Waals surface area (Å²) in [5, 5.41) is 5.47. The van der Waals surface area contributed by atoms with Gasteiger partial charge in [0.15, 0.2) is 0 Å². The number of hydrogen-bond donors (Lipinski definition) is 2. The first-order valence-electron chi connectivity index (χ1n) is 9.25. The van der Waals surface area contributed by atoms with Crippen LogP contribution in [0.1, 0.15) is 41.5 Å². The Morgan fingerprint density at radius 2 is 1.68 bits per heavy atom. The smallest absolute Gasteiger partial charge is 0.414 e. The Morgan fingerprint density at radius 1 is 1.11 bits per heavy atom. The van der Waals surface area contributed by atoms with Gasteiger partial charge in [-0.15, -0.1) is 0 Å². The van der Waals surface area contributed by atoms with Gasteiger partial charge in [0.25, 0.3) is 0 Å². The van der Waals surface area contributed by atoms with Crippen molar-refractivity contribution in [3.63, 3.8) is 0 Å². The number of carbonyl (C=O) groups is 2. The number of alkyl carbamates (subject to hydrolysis) is 1. The highest BCUT2D eigenvalue weighted by Gasteiger charge is 2.27. The Balaban J connectivity index is 2.59. The fraction of sp³-hybridized carbons (Fsp3) is 0.600. The molecule has 7 nitrogen and oxygen atoms in total. The van der Waals surface area contributed by atoms with Gasteiger partial charge < -0.3 is 9.47 Å². The lowest BCUT2D eigenvalue weighted by atomic mass is 10.0. The van der Waals surface area contributed by atoms with Crippen molar-refractivity contribution in [1.29, 1.82) is 0 Å². The molecule has 2 unspecified atom stereocenters. The van der Waals surface area contributed by atoms with E-state index in [1.165, 1.54) is 0 Å². The predicted molar refractivity (Wildman–Crippen MR) is 110 cm³/mol. The molecule has 0 aromatic heterocycles. The van der Waals surface area contributed by atoms with Crippen LogP contribution in [0.2, 0.25) is 0 Å². The molecule has 158 valence electrons. The molecule has 1 rings (SSSR count). The van der Waals surface area contributed by atoms with Crippen molar-refractivity contribution in [2.45, 2.75) is 64.1 Å². The molecule has 0 aliphatic heterocycles. The van der Waals surface area contributed by atoms with Gasteiger partial charge in [-0.2, -0.15) is 0 Å². The second-order valence-corrected chi connectivity index (χ2v) is 9.40. The highest BCUT2D eigenvalue weighted by molar-refractivity contribution is 7.84. The molecule has 28 heavy (non-hydrogen) atoms. The number of ether oxygens (including phenoxy) is 2. The lowest BCUT2D eigenvalue weighted by molar-refractivity contribution is -0.124. The molecule has 2 N–H and O–H groups in total. The SMILES string of the molecule is CC(COc1ccc(S(C)=O)cc1)N[C@H](C(=O)NC(=O)OC(C)(C)C)C(C)C. The third-order valence-electron chi connectivity index (χ3n) is 3.69. The summed E-state index contributed by atoms with van der Waals surface area (Å²) >= 11 is 0. The highest BCUT2D eigenvalue weighted by Crippen LogP contribution is 2.14. The minimum absolute atomic E-state index is 0.0382. The van der Waals surface area contributed by atoms with Crippen LogP contribution in [0.5, 0.6) is 5.75 Å². The normalized spacial score (nSPS) is 14.9. The van der Waals surface area contributed by atoms with Gasteiger partial charge in [0.1, 0.15) is 18.0 Å². The molecule has 3 atom stereocenters. The van der Waals surface area contributed by atoms with Gasteiger partial charge >= 0.3 is 6.09 Å². The summed E-state index contributed by atoms with van der Waals surface area (Å²) < 4.78 is 22.3. The van der Waals surface area contributed by atoms with Crippen molar-refractivity contribution >= 4 is 22.8 Å². The molecule has 0 fully saturated rings.